The summed E-state index contributed by atoms with van der Waals surface area (Å²) in [5.41, 5.74) is 1.74. The second-order valence-corrected chi connectivity index (χ2v) is 3.64. The van der Waals surface area contributed by atoms with E-state index in [4.69, 9.17) is 0 Å². The highest BCUT2D eigenvalue weighted by Crippen LogP contribution is 2.21. The lowest BCUT2D eigenvalue weighted by Crippen LogP contribution is -2.23. The monoisotopic (exact) mass is 219 g/mol. The zero-order chi connectivity index (χ0) is 11.5. The largest absolute Gasteiger partial charge is 0.390 e. The number of aliphatic hydroxyl groups excluding tert-OH is 1. The molecule has 0 saturated carbocycles. The molecule has 0 fully saturated rings. The van der Waals surface area contributed by atoms with Crippen LogP contribution in [0.1, 0.15) is 19.5 Å². The first-order chi connectivity index (χ1) is 7.81. The number of imidazole rings is 1. The van der Waals surface area contributed by atoms with Gasteiger partial charge in [0, 0.05) is 19.3 Å². The van der Waals surface area contributed by atoms with Gasteiger partial charge in [-0.3, -0.25) is 4.40 Å². The minimum Gasteiger partial charge on any atom is -0.390 e. The average molecular weight is 219 g/mol. The molecule has 0 aliphatic heterocycles. The highest BCUT2D eigenvalue weighted by molar-refractivity contribution is 5.55. The molecule has 4 nitrogen and oxygen atoms in total. The molecule has 2 heterocycles. The second kappa shape index (κ2) is 4.53. The highest BCUT2D eigenvalue weighted by Gasteiger charge is 2.14. The molecule has 0 unspecified atom stereocenters. The Bertz CT molecular complexity index is 474. The minimum absolute atomic E-state index is 0.0109. The van der Waals surface area contributed by atoms with Crippen molar-refractivity contribution in [2.75, 3.05) is 18.0 Å². The van der Waals surface area contributed by atoms with Crippen molar-refractivity contribution in [1.29, 1.82) is 0 Å². The number of hydrogen-bond donors (Lipinski definition) is 1. The summed E-state index contributed by atoms with van der Waals surface area (Å²) >= 11 is 0. The lowest BCUT2D eigenvalue weighted by Gasteiger charge is -2.19. The van der Waals surface area contributed by atoms with Crippen molar-refractivity contribution in [3.8, 4) is 0 Å². The summed E-state index contributed by atoms with van der Waals surface area (Å²) in [7, 11) is 0. The lowest BCUT2D eigenvalue weighted by molar-refractivity contribution is 0.276. The van der Waals surface area contributed by atoms with Crippen LogP contribution >= 0.6 is 0 Å². The normalized spacial score (nSPS) is 10.9. The molecule has 0 atom stereocenters. The minimum atomic E-state index is 0.0109. The Hall–Kier alpha value is -1.55. The van der Waals surface area contributed by atoms with Crippen LogP contribution in [0.4, 0.5) is 5.82 Å². The summed E-state index contributed by atoms with van der Waals surface area (Å²) in [6.45, 7) is 5.99. The molecule has 1 N–H and O–H groups in total. The van der Waals surface area contributed by atoms with Gasteiger partial charge in [0.05, 0.1) is 12.3 Å². The molecule has 16 heavy (non-hydrogen) atoms. The van der Waals surface area contributed by atoms with E-state index in [1.54, 1.807) is 0 Å². The molecule has 0 aliphatic carbocycles. The van der Waals surface area contributed by atoms with Crippen molar-refractivity contribution in [1.82, 2.24) is 9.38 Å². The van der Waals surface area contributed by atoms with Crippen molar-refractivity contribution in [2.45, 2.75) is 20.5 Å². The number of nitrogens with zero attached hydrogens (tertiary/aromatic N) is 3. The first kappa shape index (κ1) is 11.0. The van der Waals surface area contributed by atoms with E-state index >= 15 is 0 Å². The standard InChI is InChI=1S/C12H17N3O/c1-3-14(4-2)12-10(9-16)15-8-6-5-7-11(15)13-12/h5-8,16H,3-4,9H2,1-2H3. The Morgan fingerprint density at radius 3 is 2.69 bits per heavy atom. The Morgan fingerprint density at radius 1 is 1.31 bits per heavy atom. The molecule has 0 bridgehead atoms. The van der Waals surface area contributed by atoms with Crippen LogP contribution in [0.15, 0.2) is 24.4 Å². The van der Waals surface area contributed by atoms with Crippen LogP contribution in [0.3, 0.4) is 0 Å². The predicted octanol–water partition coefficient (Wildman–Crippen LogP) is 1.67. The van der Waals surface area contributed by atoms with Crippen LogP contribution in [-0.4, -0.2) is 27.6 Å². The first-order valence-corrected chi connectivity index (χ1v) is 5.63. The van der Waals surface area contributed by atoms with Crippen molar-refractivity contribution < 1.29 is 5.11 Å². The third kappa shape index (κ3) is 1.65. The molecule has 0 spiro atoms. The quantitative estimate of drug-likeness (QED) is 0.850. The summed E-state index contributed by atoms with van der Waals surface area (Å²) < 4.78 is 1.94. The zero-order valence-corrected chi connectivity index (χ0v) is 9.72. The summed E-state index contributed by atoms with van der Waals surface area (Å²) in [6, 6.07) is 5.85. The van der Waals surface area contributed by atoms with E-state index < -0.39 is 0 Å². The van der Waals surface area contributed by atoms with E-state index in [1.165, 1.54) is 0 Å². The van der Waals surface area contributed by atoms with E-state index in [2.05, 4.69) is 23.7 Å². The van der Waals surface area contributed by atoms with Crippen molar-refractivity contribution in [3.05, 3.63) is 30.1 Å². The fourth-order valence-corrected chi connectivity index (χ4v) is 1.96. The van der Waals surface area contributed by atoms with Crippen LogP contribution in [0.5, 0.6) is 0 Å². The van der Waals surface area contributed by atoms with Gasteiger partial charge in [-0.15, -0.1) is 0 Å². The van der Waals surface area contributed by atoms with Gasteiger partial charge in [-0.25, -0.2) is 4.98 Å². The topological polar surface area (TPSA) is 40.8 Å². The third-order valence-electron chi connectivity index (χ3n) is 2.82. The van der Waals surface area contributed by atoms with E-state index in [0.29, 0.717) is 0 Å². The van der Waals surface area contributed by atoms with E-state index in [0.717, 1.165) is 30.2 Å². The number of rotatable bonds is 4. The summed E-state index contributed by atoms with van der Waals surface area (Å²) in [6.07, 6.45) is 1.93. The Balaban J connectivity index is 2.60. The SMILES string of the molecule is CCN(CC)c1nc2ccccn2c1CO. The molecular formula is C12H17N3O. The molecule has 0 aromatic carbocycles. The van der Waals surface area contributed by atoms with E-state index in [-0.39, 0.29) is 6.61 Å². The van der Waals surface area contributed by atoms with Gasteiger partial charge >= 0.3 is 0 Å². The smallest absolute Gasteiger partial charge is 0.153 e. The first-order valence-electron chi connectivity index (χ1n) is 5.63. The van der Waals surface area contributed by atoms with Gasteiger partial charge in [-0.2, -0.15) is 0 Å². The van der Waals surface area contributed by atoms with Gasteiger partial charge in [-0.1, -0.05) is 6.07 Å². The third-order valence-corrected chi connectivity index (χ3v) is 2.82. The lowest BCUT2D eigenvalue weighted by atomic mass is 10.4. The number of pyridine rings is 1. The van der Waals surface area contributed by atoms with Crippen LogP contribution < -0.4 is 4.90 Å². The van der Waals surface area contributed by atoms with Gasteiger partial charge in [-0.05, 0) is 26.0 Å². The number of fused-ring (bicyclic) bond motifs is 1. The van der Waals surface area contributed by atoms with Gasteiger partial charge < -0.3 is 10.0 Å². The van der Waals surface area contributed by atoms with Crippen LogP contribution in [-0.2, 0) is 6.61 Å². The zero-order valence-electron chi connectivity index (χ0n) is 9.72. The molecule has 0 radical (unpaired) electrons. The number of anilines is 1. The summed E-state index contributed by atoms with van der Waals surface area (Å²) in [5.74, 6) is 0.888. The maximum atomic E-state index is 9.46. The molecular weight excluding hydrogens is 202 g/mol. The summed E-state index contributed by atoms with van der Waals surface area (Å²) in [4.78, 5) is 6.71. The molecule has 2 aromatic rings. The van der Waals surface area contributed by atoms with Gasteiger partial charge in [0.15, 0.2) is 5.82 Å². The van der Waals surface area contributed by atoms with Gasteiger partial charge in [0.25, 0.3) is 0 Å². The van der Waals surface area contributed by atoms with Crippen molar-refractivity contribution in [3.63, 3.8) is 0 Å². The number of aliphatic hydroxyl groups is 1. The van der Waals surface area contributed by atoms with Crippen LogP contribution in [0.25, 0.3) is 5.65 Å². The van der Waals surface area contributed by atoms with E-state index in [9.17, 15) is 5.11 Å². The molecule has 0 saturated heterocycles. The van der Waals surface area contributed by atoms with Crippen molar-refractivity contribution in [2.24, 2.45) is 0 Å². The highest BCUT2D eigenvalue weighted by atomic mass is 16.3. The molecule has 86 valence electrons. The maximum Gasteiger partial charge on any atom is 0.153 e. The average Bonchev–Trinajstić information content (AvgIpc) is 2.69. The van der Waals surface area contributed by atoms with Crippen LogP contribution in [0, 0.1) is 0 Å². The maximum absolute atomic E-state index is 9.46. The fourth-order valence-electron chi connectivity index (χ4n) is 1.96. The Kier molecular flexibility index (Phi) is 3.10. The fraction of sp³-hybridized carbons (Fsp3) is 0.417. The predicted molar refractivity (Wildman–Crippen MR) is 64.7 cm³/mol. The Morgan fingerprint density at radius 2 is 2.06 bits per heavy atom. The molecule has 0 amide bonds. The van der Waals surface area contributed by atoms with E-state index in [1.807, 2.05) is 28.8 Å². The molecule has 4 heteroatoms. The number of hydrogen-bond acceptors (Lipinski definition) is 3. The second-order valence-electron chi connectivity index (χ2n) is 3.64. The summed E-state index contributed by atoms with van der Waals surface area (Å²) in [5, 5.41) is 9.46. The van der Waals surface area contributed by atoms with Gasteiger partial charge in [0.2, 0.25) is 0 Å². The number of aromatic nitrogens is 2. The van der Waals surface area contributed by atoms with Gasteiger partial charge in [0.1, 0.15) is 5.65 Å². The van der Waals surface area contributed by atoms with Crippen molar-refractivity contribution >= 4 is 11.5 Å². The van der Waals surface area contributed by atoms with Crippen LogP contribution in [0.2, 0.25) is 0 Å². The molecule has 2 rings (SSSR count). The molecule has 0 aliphatic rings. The Labute approximate surface area is 95.1 Å². The molecule has 2 aromatic heterocycles.